The molecule has 0 amide bonds. The summed E-state index contributed by atoms with van der Waals surface area (Å²) in [7, 11) is 1.47. The second kappa shape index (κ2) is 7.74. The van der Waals surface area contributed by atoms with E-state index in [1.165, 1.54) is 13.2 Å². The van der Waals surface area contributed by atoms with Crippen LogP contribution < -0.4 is 14.2 Å². The van der Waals surface area contributed by atoms with Gasteiger partial charge in [-0.2, -0.15) is 0 Å². The van der Waals surface area contributed by atoms with Crippen LogP contribution in [0.25, 0.3) is 0 Å². The third kappa shape index (κ3) is 3.61. The number of benzene rings is 1. The molecule has 1 saturated carbocycles. The number of esters is 1. The van der Waals surface area contributed by atoms with Gasteiger partial charge in [-0.1, -0.05) is 18.0 Å². The quantitative estimate of drug-likeness (QED) is 0.718. The summed E-state index contributed by atoms with van der Waals surface area (Å²) in [5.74, 6) is 0.322. The zero-order valence-corrected chi connectivity index (χ0v) is 15.8. The van der Waals surface area contributed by atoms with Crippen molar-refractivity contribution in [3.05, 3.63) is 16.7 Å². The summed E-state index contributed by atoms with van der Waals surface area (Å²) in [6, 6.07) is 1.51. The maximum Gasteiger partial charge on any atom is 0.344 e. The molecule has 1 spiro atoms. The third-order valence-electron chi connectivity index (χ3n) is 4.87. The summed E-state index contributed by atoms with van der Waals surface area (Å²) in [6.07, 6.45) is 5.17. The van der Waals surface area contributed by atoms with E-state index < -0.39 is 11.6 Å². The smallest absolute Gasteiger partial charge is 0.344 e. The molecule has 142 valence electrons. The molecule has 0 atom stereocenters. The van der Waals surface area contributed by atoms with Crippen molar-refractivity contribution >= 4 is 23.4 Å². The number of ketones is 1. The Morgan fingerprint density at radius 2 is 2.00 bits per heavy atom. The molecular formula is C19H23ClO6. The minimum atomic E-state index is -0.503. The topological polar surface area (TPSA) is 71.1 Å². The van der Waals surface area contributed by atoms with Crippen molar-refractivity contribution in [2.75, 3.05) is 20.3 Å². The van der Waals surface area contributed by atoms with Crippen LogP contribution >= 0.6 is 11.6 Å². The molecule has 0 unspecified atom stereocenters. The summed E-state index contributed by atoms with van der Waals surface area (Å²) in [4.78, 5) is 24.4. The Balaban J connectivity index is 1.94. The van der Waals surface area contributed by atoms with Crippen molar-refractivity contribution in [3.8, 4) is 17.2 Å². The Morgan fingerprint density at radius 1 is 1.27 bits per heavy atom. The summed E-state index contributed by atoms with van der Waals surface area (Å²) in [6.45, 7) is 1.70. The normalized spacial score (nSPS) is 18.0. The molecule has 2 aliphatic rings. The largest absolute Gasteiger partial charge is 0.496 e. The lowest BCUT2D eigenvalue weighted by molar-refractivity contribution is -0.145. The molecule has 0 radical (unpaired) electrons. The molecule has 1 aromatic carbocycles. The molecule has 1 heterocycles. The van der Waals surface area contributed by atoms with Gasteiger partial charge in [0.25, 0.3) is 0 Å². The number of hydrogen-bond donors (Lipinski definition) is 0. The van der Waals surface area contributed by atoms with Gasteiger partial charge in [-0.15, -0.1) is 0 Å². The summed E-state index contributed by atoms with van der Waals surface area (Å²) >= 11 is 6.47. The van der Waals surface area contributed by atoms with Crippen molar-refractivity contribution < 1.29 is 28.5 Å². The first-order valence-electron chi connectivity index (χ1n) is 8.91. The first-order valence-corrected chi connectivity index (χ1v) is 9.28. The van der Waals surface area contributed by atoms with Crippen LogP contribution in [0.1, 0.15) is 55.8 Å². The highest BCUT2D eigenvalue weighted by molar-refractivity contribution is 6.34. The van der Waals surface area contributed by atoms with Gasteiger partial charge in [-0.05, 0) is 32.6 Å². The van der Waals surface area contributed by atoms with Crippen molar-refractivity contribution in [1.82, 2.24) is 0 Å². The van der Waals surface area contributed by atoms with Crippen LogP contribution in [0.15, 0.2) is 6.07 Å². The van der Waals surface area contributed by atoms with Crippen LogP contribution in [0.2, 0.25) is 5.02 Å². The highest BCUT2D eigenvalue weighted by Crippen LogP contribution is 2.50. The van der Waals surface area contributed by atoms with Crippen LogP contribution in [-0.2, 0) is 9.53 Å². The first kappa shape index (κ1) is 18.8. The predicted molar refractivity (Wildman–Crippen MR) is 95.5 cm³/mol. The average molecular weight is 383 g/mol. The predicted octanol–water partition coefficient (Wildman–Crippen LogP) is 3.96. The monoisotopic (exact) mass is 382 g/mol. The summed E-state index contributed by atoms with van der Waals surface area (Å²) in [5.41, 5.74) is -0.159. The van der Waals surface area contributed by atoms with Crippen LogP contribution in [0.4, 0.5) is 0 Å². The van der Waals surface area contributed by atoms with Gasteiger partial charge in [0.1, 0.15) is 27.7 Å². The van der Waals surface area contributed by atoms with Crippen LogP contribution in [0.3, 0.4) is 0 Å². The Morgan fingerprint density at radius 3 is 2.65 bits per heavy atom. The molecule has 0 saturated heterocycles. The fourth-order valence-electron chi connectivity index (χ4n) is 3.66. The molecule has 1 aliphatic heterocycles. The van der Waals surface area contributed by atoms with Gasteiger partial charge in [0.05, 0.1) is 20.1 Å². The van der Waals surface area contributed by atoms with E-state index in [4.69, 9.17) is 30.5 Å². The number of ether oxygens (including phenoxy) is 4. The average Bonchev–Trinajstić information content (AvgIpc) is 2.62. The van der Waals surface area contributed by atoms with E-state index in [2.05, 4.69) is 0 Å². The molecule has 1 aliphatic carbocycles. The summed E-state index contributed by atoms with van der Waals surface area (Å²) in [5, 5.41) is 0.183. The molecule has 1 aromatic rings. The van der Waals surface area contributed by atoms with E-state index in [1.54, 1.807) is 6.92 Å². The van der Waals surface area contributed by atoms with E-state index in [9.17, 15) is 9.59 Å². The van der Waals surface area contributed by atoms with Crippen LogP contribution in [-0.4, -0.2) is 37.7 Å². The van der Waals surface area contributed by atoms with E-state index in [-0.39, 0.29) is 29.8 Å². The van der Waals surface area contributed by atoms with Crippen molar-refractivity contribution in [3.63, 3.8) is 0 Å². The van der Waals surface area contributed by atoms with Gasteiger partial charge >= 0.3 is 5.97 Å². The molecule has 3 rings (SSSR count). The second-order valence-corrected chi connectivity index (χ2v) is 7.01. The third-order valence-corrected chi connectivity index (χ3v) is 5.22. The molecule has 1 fully saturated rings. The highest BCUT2D eigenvalue weighted by atomic mass is 35.5. The Bertz CT molecular complexity index is 708. The highest BCUT2D eigenvalue weighted by Gasteiger charge is 2.44. The van der Waals surface area contributed by atoms with Crippen LogP contribution in [0.5, 0.6) is 17.2 Å². The number of hydrogen-bond acceptors (Lipinski definition) is 6. The van der Waals surface area contributed by atoms with E-state index in [0.717, 1.165) is 32.1 Å². The SMILES string of the molecule is CCOC(=O)COc1cc(OC)c2c(c1Cl)OC1(CCCCC1)CC2=O. The Kier molecular flexibility index (Phi) is 5.61. The van der Waals surface area contributed by atoms with Gasteiger partial charge in [-0.25, -0.2) is 4.79 Å². The number of fused-ring (bicyclic) bond motifs is 1. The fourth-order valence-corrected chi connectivity index (χ4v) is 3.90. The lowest BCUT2D eigenvalue weighted by atomic mass is 9.78. The molecule has 0 bridgehead atoms. The van der Waals surface area contributed by atoms with Crippen molar-refractivity contribution in [2.45, 2.75) is 51.0 Å². The number of rotatable bonds is 5. The number of methoxy groups -OCH3 is 1. The van der Waals surface area contributed by atoms with Crippen molar-refractivity contribution in [1.29, 1.82) is 0 Å². The van der Waals surface area contributed by atoms with Gasteiger partial charge in [0.15, 0.2) is 18.1 Å². The number of carbonyl (C=O) groups is 2. The maximum absolute atomic E-state index is 12.8. The second-order valence-electron chi connectivity index (χ2n) is 6.63. The van der Waals surface area contributed by atoms with E-state index >= 15 is 0 Å². The Hall–Kier alpha value is -1.95. The van der Waals surface area contributed by atoms with Gasteiger partial charge < -0.3 is 18.9 Å². The molecule has 26 heavy (non-hydrogen) atoms. The lowest BCUT2D eigenvalue weighted by Crippen LogP contribution is -2.43. The fraction of sp³-hybridized carbons (Fsp3) is 0.579. The van der Waals surface area contributed by atoms with Gasteiger partial charge in [0.2, 0.25) is 0 Å². The number of Topliss-reactive ketones (excluding diaryl/α,β-unsaturated/α-hetero) is 1. The molecule has 0 N–H and O–H groups in total. The zero-order valence-electron chi connectivity index (χ0n) is 15.1. The van der Waals surface area contributed by atoms with Gasteiger partial charge in [0, 0.05) is 6.07 Å². The summed E-state index contributed by atoms with van der Waals surface area (Å²) < 4.78 is 22.0. The minimum absolute atomic E-state index is 0.0381. The molecule has 0 aromatic heterocycles. The lowest BCUT2D eigenvalue weighted by Gasteiger charge is -2.41. The molecule has 6 nitrogen and oxygen atoms in total. The van der Waals surface area contributed by atoms with Gasteiger partial charge in [-0.3, -0.25) is 4.79 Å². The maximum atomic E-state index is 12.8. The van der Waals surface area contributed by atoms with E-state index in [1.807, 2.05) is 0 Å². The standard InChI is InChI=1S/C19H23ClO6/c1-3-24-15(22)11-25-14-9-13(23-2)16-12(21)10-19(7-5-4-6-8-19)26-18(16)17(14)20/h9H,3-8,10-11H2,1-2H3. The van der Waals surface area contributed by atoms with Crippen molar-refractivity contribution in [2.24, 2.45) is 0 Å². The van der Waals surface area contributed by atoms with E-state index in [0.29, 0.717) is 23.5 Å². The number of halogens is 1. The molecular weight excluding hydrogens is 360 g/mol. The zero-order chi connectivity index (χ0) is 18.7. The van der Waals surface area contributed by atoms with Crippen LogP contribution in [0, 0.1) is 0 Å². The molecule has 7 heteroatoms. The number of carbonyl (C=O) groups excluding carboxylic acids is 2. The first-order chi connectivity index (χ1) is 12.5. The Labute approximate surface area is 157 Å². The minimum Gasteiger partial charge on any atom is -0.496 e.